The van der Waals surface area contributed by atoms with Crippen LogP contribution < -0.4 is 93.3 Å². The molecular formula is C79H113N17O12. The number of benzene rings is 5. The maximum Gasteiger partial charge on any atom is 0.243 e. The van der Waals surface area contributed by atoms with Crippen molar-refractivity contribution in [1.29, 1.82) is 0 Å². The van der Waals surface area contributed by atoms with Crippen molar-refractivity contribution in [1.82, 2.24) is 53.2 Å². The minimum absolute atomic E-state index is 0.00103. The fraction of sp³-hybridized carbons (Fsp3) is 0.468. The number of rotatable bonds is 50. The molecule has 0 aliphatic rings. The van der Waals surface area contributed by atoms with Crippen molar-refractivity contribution in [3.05, 3.63) is 156 Å². The van der Waals surface area contributed by atoms with Crippen molar-refractivity contribution >= 4 is 70.9 Å². The predicted octanol–water partition coefficient (Wildman–Crippen LogP) is 1.19. The van der Waals surface area contributed by atoms with Crippen LogP contribution in [0, 0.1) is 5.92 Å². The Morgan fingerprint density at radius 2 is 0.611 bits per heavy atom. The van der Waals surface area contributed by atoms with Gasteiger partial charge in [-0.05, 0) is 161 Å². The lowest BCUT2D eigenvalue weighted by Crippen LogP contribution is -2.61. The Bertz CT molecular complexity index is 3670. The molecule has 0 bridgehead atoms. The highest BCUT2D eigenvalue weighted by molar-refractivity contribution is 5.99. The highest BCUT2D eigenvalue weighted by atomic mass is 16.2. The summed E-state index contributed by atoms with van der Waals surface area (Å²) in [6.07, 6.45) is 3.12. The molecule has 108 heavy (non-hydrogen) atoms. The van der Waals surface area contributed by atoms with Crippen LogP contribution in [0.25, 0.3) is 22.3 Å². The summed E-state index contributed by atoms with van der Waals surface area (Å²) in [5.74, 6) is -9.62. The number of unbranched alkanes of at least 4 members (excludes halogenated alkanes) is 4. The van der Waals surface area contributed by atoms with Crippen LogP contribution in [0.4, 0.5) is 0 Å². The number of carbonyl (C=O) groups is 12. The first-order chi connectivity index (χ1) is 51.8. The Hall–Kier alpha value is -10.5. The summed E-state index contributed by atoms with van der Waals surface area (Å²) in [5.41, 5.74) is 45.8. The standard InChI is InChI=1S/C79H113N17O12/c1-50(2)45-64(93-71(100)59(84)27-13-17-41-80)76(105)96-65(46-52-21-7-4-8-22-52)78(107)91-62(30-16-20-44-83)75(104)95-67(48-54-33-37-58(38-34-54)56-25-11-6-12-26-56)79(108)92-63(39-40-68(85)97)73(102)88-51(3)70(99)89-61(29-15-19-43-82)74(103)94-66(47-53-31-35-57(36-32-53)55-23-9-5-10-24-55)77(106)90-60(28-14-18-42-81)72(101)87-49-69(86)98/h4-12,21-26,31-38,50-51,59-67H,13-20,27-30,39-49,80-84H2,1-3H3,(H2,85,97)(H2,86,98)(H,87,101)(H,88,102)(H,89,99)(H,90,106)(H,91,107)(H,92,108)(H,93,100)(H,94,103)(H,95,104)(H,96,105)/t51-,59-,60-,61-,62-,63-,64-,65-,66-,67-/m1/s1. The zero-order valence-electron chi connectivity index (χ0n) is 62.3. The van der Waals surface area contributed by atoms with Gasteiger partial charge in [0.1, 0.15) is 54.4 Å². The summed E-state index contributed by atoms with van der Waals surface area (Å²) in [7, 11) is 0. The van der Waals surface area contributed by atoms with Gasteiger partial charge in [-0.3, -0.25) is 57.5 Å². The van der Waals surface area contributed by atoms with E-state index in [0.717, 1.165) is 22.3 Å². The van der Waals surface area contributed by atoms with Crippen molar-refractivity contribution < 1.29 is 57.5 Å². The lowest BCUT2D eigenvalue weighted by atomic mass is 9.99. The molecule has 10 atom stereocenters. The molecule has 0 aliphatic carbocycles. The number of hydrogen-bond acceptors (Lipinski definition) is 17. The van der Waals surface area contributed by atoms with Crippen molar-refractivity contribution in [3.8, 4) is 22.3 Å². The van der Waals surface area contributed by atoms with Gasteiger partial charge in [-0.15, -0.1) is 0 Å². The first-order valence-electron chi connectivity index (χ1n) is 37.3. The molecule has 29 nitrogen and oxygen atoms in total. The normalized spacial score (nSPS) is 13.9. The molecule has 0 heterocycles. The molecule has 29 heteroatoms. The van der Waals surface area contributed by atoms with E-state index in [1.54, 1.807) is 54.6 Å². The van der Waals surface area contributed by atoms with Crippen LogP contribution in [0.5, 0.6) is 0 Å². The maximum absolute atomic E-state index is 15.1. The van der Waals surface area contributed by atoms with Gasteiger partial charge in [0.05, 0.1) is 12.6 Å². The smallest absolute Gasteiger partial charge is 0.243 e. The fourth-order valence-electron chi connectivity index (χ4n) is 11.9. The van der Waals surface area contributed by atoms with Crippen LogP contribution in [0.1, 0.15) is 134 Å². The highest BCUT2D eigenvalue weighted by Crippen LogP contribution is 2.23. The molecule has 5 rings (SSSR count). The van der Waals surface area contributed by atoms with E-state index in [4.69, 9.17) is 40.1 Å². The lowest BCUT2D eigenvalue weighted by molar-refractivity contribution is -0.136. The summed E-state index contributed by atoms with van der Waals surface area (Å²) in [6.45, 7) is 5.74. The minimum atomic E-state index is -1.60. The van der Waals surface area contributed by atoms with Crippen LogP contribution in [-0.4, -0.2) is 164 Å². The third kappa shape index (κ3) is 31.9. The number of amides is 12. The maximum atomic E-state index is 15.1. The number of carbonyl (C=O) groups excluding carboxylic acids is 12. The Morgan fingerprint density at radius 1 is 0.306 bits per heavy atom. The predicted molar refractivity (Wildman–Crippen MR) is 414 cm³/mol. The van der Waals surface area contributed by atoms with E-state index in [1.807, 2.05) is 98.8 Å². The molecule has 0 saturated carbocycles. The van der Waals surface area contributed by atoms with E-state index in [0.29, 0.717) is 87.6 Å². The summed E-state index contributed by atoms with van der Waals surface area (Å²) >= 11 is 0. The Kier molecular flexibility index (Phi) is 39.2. The molecule has 0 unspecified atom stereocenters. The Balaban J connectivity index is 1.44. The summed E-state index contributed by atoms with van der Waals surface area (Å²) < 4.78 is 0. The fourth-order valence-corrected chi connectivity index (χ4v) is 11.9. The molecule has 0 saturated heterocycles. The molecule has 0 aliphatic heterocycles. The van der Waals surface area contributed by atoms with E-state index in [1.165, 1.54) is 6.92 Å². The molecule has 5 aromatic rings. The zero-order valence-corrected chi connectivity index (χ0v) is 62.3. The number of nitrogens with one attached hydrogen (secondary N) is 10. The van der Waals surface area contributed by atoms with E-state index >= 15 is 9.59 Å². The average Bonchev–Trinajstić information content (AvgIpc) is 0.847. The Morgan fingerprint density at radius 3 is 0.991 bits per heavy atom. The van der Waals surface area contributed by atoms with Crippen molar-refractivity contribution in [3.63, 3.8) is 0 Å². The molecule has 0 spiro atoms. The Labute approximate surface area is 632 Å². The summed E-state index contributed by atoms with van der Waals surface area (Å²) in [5, 5.41) is 27.2. The van der Waals surface area contributed by atoms with E-state index in [-0.39, 0.29) is 64.0 Å². The van der Waals surface area contributed by atoms with Crippen molar-refractivity contribution in [2.45, 2.75) is 197 Å². The van der Waals surface area contributed by atoms with E-state index in [2.05, 4.69) is 53.2 Å². The second kappa shape index (κ2) is 48.0. The van der Waals surface area contributed by atoms with Crippen LogP contribution in [0.3, 0.4) is 0 Å². The second-order valence-corrected chi connectivity index (χ2v) is 27.5. The van der Waals surface area contributed by atoms with Gasteiger partial charge in [-0.25, -0.2) is 0 Å². The quantitative estimate of drug-likeness (QED) is 0.0243. The van der Waals surface area contributed by atoms with Crippen LogP contribution in [-0.2, 0) is 76.8 Å². The van der Waals surface area contributed by atoms with E-state index in [9.17, 15) is 47.9 Å². The topological polar surface area (TPSA) is 507 Å². The molecule has 0 fully saturated rings. The molecule has 24 N–H and O–H groups in total. The minimum Gasteiger partial charge on any atom is -0.370 e. The van der Waals surface area contributed by atoms with Crippen LogP contribution in [0.2, 0.25) is 0 Å². The van der Waals surface area contributed by atoms with E-state index < -0.39 is 151 Å². The van der Waals surface area contributed by atoms with Gasteiger partial charge < -0.3 is 93.3 Å². The monoisotopic (exact) mass is 1490 g/mol. The molecular weight excluding hydrogens is 1380 g/mol. The molecule has 0 radical (unpaired) electrons. The van der Waals surface area contributed by atoms with Gasteiger partial charge in [0.2, 0.25) is 70.9 Å². The summed E-state index contributed by atoms with van der Waals surface area (Å²) in [6, 6.07) is 29.2. The van der Waals surface area contributed by atoms with Gasteiger partial charge in [0.15, 0.2) is 0 Å². The first kappa shape index (κ1) is 88.2. The third-order valence-corrected chi connectivity index (χ3v) is 18.1. The zero-order chi connectivity index (χ0) is 78.9. The van der Waals surface area contributed by atoms with Gasteiger partial charge in [0.25, 0.3) is 0 Å². The van der Waals surface area contributed by atoms with Crippen molar-refractivity contribution in [2.75, 3.05) is 32.7 Å². The SMILES string of the molecule is CC(C)C[C@@H](NC(=O)[C@H](N)CCCCN)C(=O)N[C@H](Cc1ccccc1)C(=O)N[C@H](CCCCN)C(=O)N[C@H](Cc1ccc(-c2ccccc2)cc1)C(=O)N[C@H](CCC(N)=O)C(=O)N[C@H](C)C(=O)N[C@H](CCCCN)C(=O)N[C@H](Cc1ccc(-c2ccccc2)cc1)C(=O)N[C@H](CCCCN)C(=O)NCC(N)=O. The third-order valence-electron chi connectivity index (χ3n) is 18.1. The largest absolute Gasteiger partial charge is 0.370 e. The van der Waals surface area contributed by atoms with Crippen molar-refractivity contribution in [2.24, 2.45) is 46.1 Å². The summed E-state index contributed by atoms with van der Waals surface area (Å²) in [4.78, 5) is 168. The molecule has 12 amide bonds. The number of hydrogen-bond donors (Lipinski definition) is 17. The van der Waals surface area contributed by atoms with Gasteiger partial charge in [0, 0.05) is 25.7 Å². The number of primary amides is 2. The molecule has 5 aromatic carbocycles. The highest BCUT2D eigenvalue weighted by Gasteiger charge is 2.36. The molecule has 0 aromatic heterocycles. The van der Waals surface area contributed by atoms with Gasteiger partial charge in [-0.2, -0.15) is 0 Å². The number of nitrogens with two attached hydrogens (primary N) is 7. The van der Waals surface area contributed by atoms with Gasteiger partial charge in [-0.1, -0.05) is 160 Å². The molecule has 586 valence electrons. The lowest BCUT2D eigenvalue weighted by Gasteiger charge is -2.28. The average molecular weight is 1490 g/mol. The second-order valence-electron chi connectivity index (χ2n) is 27.5. The first-order valence-corrected chi connectivity index (χ1v) is 37.3. The van der Waals surface area contributed by atoms with Gasteiger partial charge >= 0.3 is 0 Å². The van der Waals surface area contributed by atoms with Crippen LogP contribution in [0.15, 0.2) is 140 Å². The van der Waals surface area contributed by atoms with Crippen LogP contribution >= 0.6 is 0 Å².